The molecule has 2 aromatic heterocycles. The van der Waals surface area contributed by atoms with E-state index in [9.17, 15) is 9.90 Å². The smallest absolute Gasteiger partial charge is 0.337 e. The molecule has 5 aromatic rings. The first-order valence-electron chi connectivity index (χ1n) is 10.2. The SMILES string of the molecule is Cc1cccc2[nH]c(-c3ccc(N=Cc4ccc(-c5ccc(Cl)c(C(=O)O)c5)o4)cc3)nc12. The number of H-pyrrole nitrogens is 1. The van der Waals surface area contributed by atoms with Crippen LogP contribution in [0.5, 0.6) is 0 Å². The highest BCUT2D eigenvalue weighted by molar-refractivity contribution is 6.33. The van der Waals surface area contributed by atoms with Gasteiger partial charge in [-0.15, -0.1) is 0 Å². The highest BCUT2D eigenvalue weighted by Gasteiger charge is 2.12. The third kappa shape index (κ3) is 4.16. The average Bonchev–Trinajstić information content (AvgIpc) is 3.46. The summed E-state index contributed by atoms with van der Waals surface area (Å²) in [5.74, 6) is 0.811. The van der Waals surface area contributed by atoms with Gasteiger partial charge >= 0.3 is 5.97 Å². The molecule has 0 radical (unpaired) electrons. The first kappa shape index (κ1) is 20.7. The molecule has 0 saturated heterocycles. The van der Waals surface area contributed by atoms with E-state index in [2.05, 4.69) is 9.98 Å². The van der Waals surface area contributed by atoms with Crippen LogP contribution in [0.15, 0.2) is 82.2 Å². The van der Waals surface area contributed by atoms with Crippen molar-refractivity contribution < 1.29 is 14.3 Å². The number of rotatable bonds is 5. The van der Waals surface area contributed by atoms with Gasteiger partial charge in [0.15, 0.2) is 0 Å². The number of aryl methyl sites for hydroxylation is 1. The van der Waals surface area contributed by atoms with Crippen molar-refractivity contribution in [2.75, 3.05) is 0 Å². The first-order valence-corrected chi connectivity index (χ1v) is 10.6. The Hall–Kier alpha value is -4.16. The maximum Gasteiger partial charge on any atom is 0.337 e. The normalized spacial score (nSPS) is 11.5. The van der Waals surface area contributed by atoms with Crippen molar-refractivity contribution in [2.45, 2.75) is 6.92 Å². The van der Waals surface area contributed by atoms with Crippen LogP contribution in [0.2, 0.25) is 5.02 Å². The fourth-order valence-corrected chi connectivity index (χ4v) is 3.77. The second kappa shape index (κ2) is 8.41. The number of carboxylic acid groups (broad SMARTS) is 1. The highest BCUT2D eigenvalue weighted by Crippen LogP contribution is 2.28. The predicted octanol–water partition coefficient (Wildman–Crippen LogP) is 6.90. The van der Waals surface area contributed by atoms with E-state index in [4.69, 9.17) is 21.0 Å². The zero-order chi connectivity index (χ0) is 22.9. The Balaban J connectivity index is 1.34. The standard InChI is InChI=1S/C26H18ClN3O3/c1-15-3-2-4-22-24(15)30-25(29-22)16-5-8-18(9-6-16)28-14-19-10-12-23(33-19)17-7-11-21(27)20(13-17)26(31)32/h2-14H,1H3,(H,29,30)(H,31,32). The number of carboxylic acids is 1. The Morgan fingerprint density at radius 3 is 2.61 bits per heavy atom. The summed E-state index contributed by atoms with van der Waals surface area (Å²) < 4.78 is 5.80. The molecule has 2 N–H and O–H groups in total. The molecule has 0 aliphatic rings. The molecule has 0 bridgehead atoms. The summed E-state index contributed by atoms with van der Waals surface area (Å²) in [6.45, 7) is 2.04. The molecule has 3 aromatic carbocycles. The number of hydrogen-bond acceptors (Lipinski definition) is 4. The van der Waals surface area contributed by atoms with Crippen molar-refractivity contribution in [1.82, 2.24) is 9.97 Å². The molecule has 0 amide bonds. The Morgan fingerprint density at radius 1 is 1.06 bits per heavy atom. The number of furan rings is 1. The van der Waals surface area contributed by atoms with E-state index in [0.29, 0.717) is 17.1 Å². The third-order valence-corrected chi connectivity index (χ3v) is 5.63. The highest BCUT2D eigenvalue weighted by atomic mass is 35.5. The van der Waals surface area contributed by atoms with Gasteiger partial charge in [0.2, 0.25) is 0 Å². The average molecular weight is 456 g/mol. The largest absolute Gasteiger partial charge is 0.478 e. The van der Waals surface area contributed by atoms with E-state index >= 15 is 0 Å². The Bertz CT molecular complexity index is 1510. The maximum atomic E-state index is 11.3. The third-order valence-electron chi connectivity index (χ3n) is 5.30. The minimum absolute atomic E-state index is 0.0282. The van der Waals surface area contributed by atoms with E-state index in [1.807, 2.05) is 49.4 Å². The van der Waals surface area contributed by atoms with Crippen molar-refractivity contribution in [3.8, 4) is 22.7 Å². The summed E-state index contributed by atoms with van der Waals surface area (Å²) in [5.41, 5.74) is 5.51. The van der Waals surface area contributed by atoms with Crippen LogP contribution in [-0.4, -0.2) is 27.3 Å². The van der Waals surface area contributed by atoms with E-state index in [1.165, 1.54) is 6.07 Å². The van der Waals surface area contributed by atoms with Crippen molar-refractivity contribution in [2.24, 2.45) is 4.99 Å². The van der Waals surface area contributed by atoms with Crippen molar-refractivity contribution >= 4 is 40.5 Å². The van der Waals surface area contributed by atoms with Gasteiger partial charge < -0.3 is 14.5 Å². The summed E-state index contributed by atoms with van der Waals surface area (Å²) in [6.07, 6.45) is 1.62. The summed E-state index contributed by atoms with van der Waals surface area (Å²) >= 11 is 5.94. The lowest BCUT2D eigenvalue weighted by atomic mass is 10.1. The van der Waals surface area contributed by atoms with Gasteiger partial charge in [-0.2, -0.15) is 0 Å². The van der Waals surface area contributed by atoms with Gasteiger partial charge in [0.25, 0.3) is 0 Å². The van der Waals surface area contributed by atoms with Crippen molar-refractivity contribution in [1.29, 1.82) is 0 Å². The van der Waals surface area contributed by atoms with Gasteiger partial charge in [-0.3, -0.25) is 4.99 Å². The van der Waals surface area contributed by atoms with Crippen LogP contribution in [0, 0.1) is 6.92 Å². The molecule has 7 heteroatoms. The second-order valence-corrected chi connectivity index (χ2v) is 7.97. The van der Waals surface area contributed by atoms with Crippen molar-refractivity contribution in [3.63, 3.8) is 0 Å². The van der Waals surface area contributed by atoms with Gasteiger partial charge in [0.1, 0.15) is 17.3 Å². The summed E-state index contributed by atoms with van der Waals surface area (Å²) in [4.78, 5) is 23.8. The lowest BCUT2D eigenvalue weighted by Gasteiger charge is -2.02. The molecule has 0 unspecified atom stereocenters. The molecule has 0 aliphatic carbocycles. The zero-order valence-electron chi connectivity index (χ0n) is 17.5. The van der Waals surface area contributed by atoms with Crippen LogP contribution < -0.4 is 0 Å². The fourth-order valence-electron chi connectivity index (χ4n) is 3.58. The van der Waals surface area contributed by atoms with Gasteiger partial charge in [-0.1, -0.05) is 23.7 Å². The fraction of sp³-hybridized carbons (Fsp3) is 0.0385. The quantitative estimate of drug-likeness (QED) is 0.282. The zero-order valence-corrected chi connectivity index (χ0v) is 18.3. The molecule has 0 atom stereocenters. The molecule has 162 valence electrons. The number of carbonyl (C=O) groups is 1. The molecule has 6 nitrogen and oxygen atoms in total. The summed E-state index contributed by atoms with van der Waals surface area (Å²) in [7, 11) is 0. The predicted molar refractivity (Wildman–Crippen MR) is 130 cm³/mol. The number of hydrogen-bond donors (Lipinski definition) is 2. The maximum absolute atomic E-state index is 11.3. The Labute approximate surface area is 194 Å². The van der Waals surface area contributed by atoms with Crippen LogP contribution in [0.1, 0.15) is 21.7 Å². The Morgan fingerprint density at radius 2 is 1.85 bits per heavy atom. The van der Waals surface area contributed by atoms with E-state index in [-0.39, 0.29) is 10.6 Å². The molecule has 33 heavy (non-hydrogen) atoms. The number of nitrogens with zero attached hydrogens (tertiary/aromatic N) is 2. The number of aliphatic imine (C=N–C) groups is 1. The number of halogens is 1. The van der Waals surface area contributed by atoms with Crippen LogP contribution in [0.25, 0.3) is 33.7 Å². The van der Waals surface area contributed by atoms with Crippen LogP contribution >= 0.6 is 11.6 Å². The number of aromatic carboxylic acids is 1. The van der Waals surface area contributed by atoms with E-state index in [0.717, 1.165) is 33.7 Å². The number of imidazole rings is 1. The van der Waals surface area contributed by atoms with Gasteiger partial charge in [0, 0.05) is 11.1 Å². The minimum atomic E-state index is -1.09. The molecular weight excluding hydrogens is 438 g/mol. The Kier molecular flexibility index (Phi) is 5.28. The number of aromatic amines is 1. The number of para-hydroxylation sites is 1. The monoisotopic (exact) mass is 455 g/mol. The van der Waals surface area contributed by atoms with Gasteiger partial charge in [0.05, 0.1) is 33.5 Å². The van der Waals surface area contributed by atoms with Crippen LogP contribution in [-0.2, 0) is 0 Å². The molecule has 5 rings (SSSR count). The number of fused-ring (bicyclic) bond motifs is 1. The first-order chi connectivity index (χ1) is 16.0. The molecule has 0 spiro atoms. The molecule has 0 aliphatic heterocycles. The lowest BCUT2D eigenvalue weighted by molar-refractivity contribution is 0.0697. The second-order valence-electron chi connectivity index (χ2n) is 7.56. The number of aromatic nitrogens is 2. The van der Waals surface area contributed by atoms with Crippen molar-refractivity contribution in [3.05, 3.63) is 94.7 Å². The van der Waals surface area contributed by atoms with Crippen LogP contribution in [0.4, 0.5) is 5.69 Å². The molecule has 0 saturated carbocycles. The molecule has 0 fully saturated rings. The number of benzene rings is 3. The molecular formula is C26H18ClN3O3. The summed E-state index contributed by atoms with van der Waals surface area (Å²) in [5, 5.41) is 9.43. The van der Waals surface area contributed by atoms with Gasteiger partial charge in [-0.25, -0.2) is 9.78 Å². The minimum Gasteiger partial charge on any atom is -0.478 e. The van der Waals surface area contributed by atoms with Crippen LogP contribution in [0.3, 0.4) is 0 Å². The van der Waals surface area contributed by atoms with Gasteiger partial charge in [-0.05, 0) is 73.2 Å². The molecule has 2 heterocycles. The summed E-state index contributed by atoms with van der Waals surface area (Å²) in [6, 6.07) is 22.1. The van der Waals surface area contributed by atoms with E-state index in [1.54, 1.807) is 30.5 Å². The van der Waals surface area contributed by atoms with E-state index < -0.39 is 5.97 Å². The number of nitrogens with one attached hydrogen (secondary N) is 1. The topological polar surface area (TPSA) is 91.5 Å². The lowest BCUT2D eigenvalue weighted by Crippen LogP contribution is -1.97.